The van der Waals surface area contributed by atoms with E-state index < -0.39 is 0 Å². The molecule has 1 aliphatic rings. The Bertz CT molecular complexity index is 366. The van der Waals surface area contributed by atoms with Crippen molar-refractivity contribution in [1.29, 1.82) is 0 Å². The normalized spacial score (nSPS) is 17.3. The van der Waals surface area contributed by atoms with Crippen LogP contribution in [0.25, 0.3) is 0 Å². The summed E-state index contributed by atoms with van der Waals surface area (Å²) in [4.78, 5) is 27.5. The van der Waals surface area contributed by atoms with Gasteiger partial charge in [0.2, 0.25) is 5.91 Å². The molecule has 23 heavy (non-hydrogen) atoms. The Morgan fingerprint density at radius 1 is 1.22 bits per heavy atom. The second kappa shape index (κ2) is 10.6. The van der Waals surface area contributed by atoms with Gasteiger partial charge in [-0.1, -0.05) is 6.92 Å². The van der Waals surface area contributed by atoms with Crippen LogP contribution in [0, 0.1) is 5.92 Å². The zero-order valence-electron chi connectivity index (χ0n) is 15.0. The molecule has 0 saturated carbocycles. The van der Waals surface area contributed by atoms with Crippen LogP contribution in [-0.2, 0) is 19.1 Å². The molecule has 6 nitrogen and oxygen atoms in total. The van der Waals surface area contributed by atoms with Crippen LogP contribution >= 0.6 is 0 Å². The van der Waals surface area contributed by atoms with Crippen LogP contribution in [0.4, 0.5) is 0 Å². The largest absolute Gasteiger partial charge is 0.469 e. The number of carbonyl (C=O) groups excluding carboxylic acids is 2. The van der Waals surface area contributed by atoms with E-state index in [-0.39, 0.29) is 23.9 Å². The Morgan fingerprint density at radius 3 is 2.43 bits per heavy atom. The van der Waals surface area contributed by atoms with Gasteiger partial charge in [0.25, 0.3) is 0 Å². The van der Waals surface area contributed by atoms with E-state index in [0.29, 0.717) is 12.8 Å². The van der Waals surface area contributed by atoms with E-state index in [4.69, 9.17) is 4.74 Å². The molecule has 0 spiro atoms. The molecule has 0 aliphatic carbocycles. The number of carbonyl (C=O) groups is 2. The molecule has 0 bridgehead atoms. The highest BCUT2D eigenvalue weighted by atomic mass is 16.5. The number of rotatable bonds is 9. The quantitative estimate of drug-likeness (QED) is 0.475. The number of nitrogens with zero attached hydrogens (tertiary/aromatic N) is 2. The van der Waals surface area contributed by atoms with E-state index >= 15 is 0 Å². The molecular weight excluding hydrogens is 296 g/mol. The molecule has 1 atom stereocenters. The first-order valence-electron chi connectivity index (χ1n) is 8.53. The molecule has 0 aromatic rings. The fraction of sp³-hybridized carbons (Fsp3) is 0.882. The van der Waals surface area contributed by atoms with E-state index in [1.54, 1.807) is 0 Å². The number of hydrogen-bond donors (Lipinski definition) is 0. The number of ether oxygens (including phenoxy) is 2. The summed E-state index contributed by atoms with van der Waals surface area (Å²) in [5.74, 6) is -0.0995. The minimum Gasteiger partial charge on any atom is -0.469 e. The van der Waals surface area contributed by atoms with E-state index in [1.807, 2.05) is 11.8 Å². The monoisotopic (exact) mass is 328 g/mol. The third-order valence-corrected chi connectivity index (χ3v) is 4.16. The Labute approximate surface area is 140 Å². The van der Waals surface area contributed by atoms with Crippen molar-refractivity contribution in [3.8, 4) is 0 Å². The minimum absolute atomic E-state index is 0.0231. The van der Waals surface area contributed by atoms with Gasteiger partial charge in [-0.25, -0.2) is 0 Å². The zero-order valence-corrected chi connectivity index (χ0v) is 15.0. The molecule has 134 valence electrons. The molecule has 1 aliphatic heterocycles. The molecule has 1 saturated heterocycles. The summed E-state index contributed by atoms with van der Waals surface area (Å²) >= 11 is 0. The summed E-state index contributed by atoms with van der Waals surface area (Å²) in [6.07, 6.45) is 3.82. The predicted octanol–water partition coefficient (Wildman–Crippen LogP) is 1.54. The van der Waals surface area contributed by atoms with Crippen LogP contribution in [0.3, 0.4) is 0 Å². The van der Waals surface area contributed by atoms with Gasteiger partial charge in [0.15, 0.2) is 0 Å². The number of likely N-dealkylation sites (tertiary alicyclic amines) is 1. The summed E-state index contributed by atoms with van der Waals surface area (Å²) in [5, 5.41) is 0. The lowest BCUT2D eigenvalue weighted by atomic mass is 10.0. The summed E-state index contributed by atoms with van der Waals surface area (Å²) in [6, 6.07) is 0. The maximum atomic E-state index is 12.2. The fourth-order valence-corrected chi connectivity index (χ4v) is 2.77. The first-order valence-corrected chi connectivity index (χ1v) is 8.53. The molecule has 0 radical (unpaired) electrons. The van der Waals surface area contributed by atoms with Crippen molar-refractivity contribution in [2.75, 3.05) is 47.4 Å². The highest BCUT2D eigenvalue weighted by Crippen LogP contribution is 2.17. The molecule has 1 fully saturated rings. The number of methoxy groups -OCH3 is 1. The summed E-state index contributed by atoms with van der Waals surface area (Å²) < 4.78 is 10.5. The molecule has 0 aromatic carbocycles. The molecule has 0 unspecified atom stereocenters. The first kappa shape index (κ1) is 19.9. The van der Waals surface area contributed by atoms with Crippen LogP contribution in [-0.4, -0.2) is 75.2 Å². The van der Waals surface area contributed by atoms with Gasteiger partial charge in [-0.05, 0) is 45.8 Å². The third kappa shape index (κ3) is 8.32. The topological polar surface area (TPSA) is 59.1 Å². The van der Waals surface area contributed by atoms with E-state index in [9.17, 15) is 9.59 Å². The van der Waals surface area contributed by atoms with Gasteiger partial charge in [0.05, 0.1) is 13.2 Å². The minimum atomic E-state index is -0.255. The van der Waals surface area contributed by atoms with Gasteiger partial charge in [0, 0.05) is 32.5 Å². The number of piperidine rings is 1. The van der Waals surface area contributed by atoms with Crippen LogP contribution < -0.4 is 0 Å². The van der Waals surface area contributed by atoms with Crippen LogP contribution in [0.2, 0.25) is 0 Å². The smallest absolute Gasteiger partial charge is 0.305 e. The van der Waals surface area contributed by atoms with E-state index in [2.05, 4.69) is 23.7 Å². The van der Waals surface area contributed by atoms with Crippen LogP contribution in [0.15, 0.2) is 0 Å². The second-order valence-corrected chi connectivity index (χ2v) is 6.70. The summed E-state index contributed by atoms with van der Waals surface area (Å²) in [6.45, 7) is 5.24. The Morgan fingerprint density at radius 2 is 1.87 bits per heavy atom. The molecule has 1 rings (SSSR count). The molecular formula is C17H32N2O4. The van der Waals surface area contributed by atoms with Gasteiger partial charge >= 0.3 is 5.97 Å². The lowest BCUT2D eigenvalue weighted by Gasteiger charge is -2.32. The molecule has 6 heteroatoms. The number of esters is 1. The van der Waals surface area contributed by atoms with Crippen molar-refractivity contribution < 1.29 is 19.1 Å². The third-order valence-electron chi connectivity index (χ3n) is 4.16. The van der Waals surface area contributed by atoms with Gasteiger partial charge in [-0.3, -0.25) is 9.59 Å². The van der Waals surface area contributed by atoms with Crippen molar-refractivity contribution >= 4 is 11.9 Å². The van der Waals surface area contributed by atoms with Gasteiger partial charge in [-0.15, -0.1) is 0 Å². The Kier molecular flexibility index (Phi) is 9.17. The lowest BCUT2D eigenvalue weighted by molar-refractivity contribution is -0.142. The van der Waals surface area contributed by atoms with Gasteiger partial charge in [-0.2, -0.15) is 0 Å². The van der Waals surface area contributed by atoms with Crippen LogP contribution in [0.5, 0.6) is 0 Å². The Balaban J connectivity index is 2.19. The lowest BCUT2D eigenvalue weighted by Crippen LogP contribution is -2.41. The second-order valence-electron chi connectivity index (χ2n) is 6.70. The number of amides is 1. The van der Waals surface area contributed by atoms with Crippen molar-refractivity contribution in [2.45, 2.75) is 45.1 Å². The molecule has 1 amide bonds. The predicted molar refractivity (Wildman–Crippen MR) is 89.1 cm³/mol. The van der Waals surface area contributed by atoms with Crippen molar-refractivity contribution in [3.05, 3.63) is 0 Å². The SMILES string of the molecule is COC(=O)C[C@H](C)CC(=O)N1CCC(OCCCN(C)C)CC1. The summed E-state index contributed by atoms with van der Waals surface area (Å²) in [7, 11) is 5.50. The van der Waals surface area contributed by atoms with Crippen molar-refractivity contribution in [1.82, 2.24) is 9.80 Å². The average molecular weight is 328 g/mol. The summed E-state index contributed by atoms with van der Waals surface area (Å²) in [5.41, 5.74) is 0. The maximum absolute atomic E-state index is 12.2. The van der Waals surface area contributed by atoms with E-state index in [0.717, 1.165) is 45.5 Å². The van der Waals surface area contributed by atoms with Crippen LogP contribution in [0.1, 0.15) is 39.0 Å². The number of hydrogen-bond acceptors (Lipinski definition) is 5. The zero-order chi connectivity index (χ0) is 17.2. The van der Waals surface area contributed by atoms with Crippen molar-refractivity contribution in [2.24, 2.45) is 5.92 Å². The first-order chi connectivity index (χ1) is 10.9. The Hall–Kier alpha value is -1.14. The van der Waals surface area contributed by atoms with Gasteiger partial charge in [0.1, 0.15) is 0 Å². The van der Waals surface area contributed by atoms with Crippen molar-refractivity contribution in [3.63, 3.8) is 0 Å². The molecule has 0 aromatic heterocycles. The highest BCUT2D eigenvalue weighted by Gasteiger charge is 2.24. The average Bonchev–Trinajstić information content (AvgIpc) is 2.51. The standard InChI is InChI=1S/C17H32N2O4/c1-14(13-17(21)22-4)12-16(20)19-9-6-15(7-10-19)23-11-5-8-18(2)3/h14-15H,5-13H2,1-4H3/t14-/m1/s1. The van der Waals surface area contributed by atoms with E-state index in [1.165, 1.54) is 7.11 Å². The van der Waals surface area contributed by atoms with Gasteiger partial charge < -0.3 is 19.3 Å². The maximum Gasteiger partial charge on any atom is 0.305 e. The fourth-order valence-electron chi connectivity index (χ4n) is 2.77. The molecule has 1 heterocycles. The molecule has 0 N–H and O–H groups in total. The highest BCUT2D eigenvalue weighted by molar-refractivity contribution is 5.77.